The molecule has 4 rings (SSSR count). The maximum absolute atomic E-state index is 14.3. The topological polar surface area (TPSA) is 84.1 Å². The lowest BCUT2D eigenvalue weighted by atomic mass is 10.2. The normalized spacial score (nSPS) is 14.6. The number of hydrogen-bond donors (Lipinski definition) is 2. The molecule has 0 amide bonds. The number of hydrogen-bond acceptors (Lipinski definition) is 4. The first kappa shape index (κ1) is 17.1. The van der Waals surface area contributed by atoms with Gasteiger partial charge in [-0.3, -0.25) is 4.72 Å². The fourth-order valence-corrected chi connectivity index (χ4v) is 4.25. The van der Waals surface area contributed by atoms with E-state index in [0.717, 1.165) is 18.9 Å². The first-order chi connectivity index (χ1) is 12.4. The summed E-state index contributed by atoms with van der Waals surface area (Å²) in [6, 6.07) is 5.95. The molecule has 1 fully saturated rings. The van der Waals surface area contributed by atoms with Gasteiger partial charge < -0.3 is 9.72 Å². The molecule has 0 spiro atoms. The SMILES string of the molecule is COc1nc(C2CC2)c(F)cc1NS(=O)(=O)c1c[nH]c2cc(Cl)ccc12. The van der Waals surface area contributed by atoms with E-state index in [4.69, 9.17) is 16.3 Å². The third-order valence-electron chi connectivity index (χ3n) is 4.27. The number of aromatic nitrogens is 2. The van der Waals surface area contributed by atoms with Gasteiger partial charge in [0.05, 0.1) is 12.8 Å². The standard InChI is InChI=1S/C17H15ClFN3O3S/c1-25-17-14(7-12(19)16(21-17)9-2-3-9)22-26(23,24)15-8-20-13-6-10(18)4-5-11(13)15/h4-9,20,22H,2-3H2,1H3. The summed E-state index contributed by atoms with van der Waals surface area (Å²) in [4.78, 5) is 7.04. The van der Waals surface area contributed by atoms with E-state index in [9.17, 15) is 12.8 Å². The van der Waals surface area contributed by atoms with Crippen LogP contribution in [0.4, 0.5) is 10.1 Å². The van der Waals surface area contributed by atoms with Gasteiger partial charge in [-0.1, -0.05) is 11.6 Å². The molecular weight excluding hydrogens is 381 g/mol. The Balaban J connectivity index is 1.74. The summed E-state index contributed by atoms with van der Waals surface area (Å²) in [5.41, 5.74) is 0.850. The van der Waals surface area contributed by atoms with Crippen LogP contribution >= 0.6 is 11.6 Å². The average Bonchev–Trinajstić information content (AvgIpc) is 3.33. The maximum atomic E-state index is 14.3. The average molecular weight is 396 g/mol. The Hall–Kier alpha value is -2.32. The molecule has 6 nitrogen and oxygen atoms in total. The van der Waals surface area contributed by atoms with Crippen molar-refractivity contribution in [3.63, 3.8) is 0 Å². The summed E-state index contributed by atoms with van der Waals surface area (Å²) in [5, 5.41) is 0.962. The van der Waals surface area contributed by atoms with E-state index < -0.39 is 15.8 Å². The number of nitrogens with one attached hydrogen (secondary N) is 2. The zero-order valence-corrected chi connectivity index (χ0v) is 15.3. The summed E-state index contributed by atoms with van der Waals surface area (Å²) in [7, 11) is -2.62. The van der Waals surface area contributed by atoms with Crippen LogP contribution in [0.1, 0.15) is 24.5 Å². The first-order valence-corrected chi connectivity index (χ1v) is 9.79. The number of nitrogens with zero attached hydrogens (tertiary/aromatic N) is 1. The van der Waals surface area contributed by atoms with Crippen molar-refractivity contribution in [3.8, 4) is 5.88 Å². The summed E-state index contributed by atoms with van der Waals surface area (Å²) < 4.78 is 47.4. The molecular formula is C17H15ClFN3O3S. The van der Waals surface area contributed by atoms with Gasteiger partial charge in [0.2, 0.25) is 5.88 Å². The number of sulfonamides is 1. The van der Waals surface area contributed by atoms with Crippen LogP contribution in [0.2, 0.25) is 5.02 Å². The molecule has 26 heavy (non-hydrogen) atoms. The van der Waals surface area contributed by atoms with Crippen molar-refractivity contribution in [2.45, 2.75) is 23.7 Å². The third-order valence-corrected chi connectivity index (χ3v) is 5.91. The van der Waals surface area contributed by atoms with E-state index in [2.05, 4.69) is 14.7 Å². The monoisotopic (exact) mass is 395 g/mol. The second-order valence-electron chi connectivity index (χ2n) is 6.13. The van der Waals surface area contributed by atoms with Crippen molar-refractivity contribution < 1.29 is 17.5 Å². The highest BCUT2D eigenvalue weighted by atomic mass is 35.5. The Morgan fingerprint density at radius 2 is 2.12 bits per heavy atom. The fraction of sp³-hybridized carbons (Fsp3) is 0.235. The quantitative estimate of drug-likeness (QED) is 0.682. The van der Waals surface area contributed by atoms with E-state index in [-0.39, 0.29) is 22.4 Å². The summed E-state index contributed by atoms with van der Waals surface area (Å²) in [6.07, 6.45) is 3.10. The highest BCUT2D eigenvalue weighted by molar-refractivity contribution is 7.93. The molecule has 0 unspecified atom stereocenters. The molecule has 0 saturated heterocycles. The predicted octanol–water partition coefficient (Wildman–Crippen LogP) is 4.04. The van der Waals surface area contributed by atoms with E-state index in [1.807, 2.05) is 0 Å². The molecule has 1 aliphatic rings. The minimum atomic E-state index is -3.99. The maximum Gasteiger partial charge on any atom is 0.264 e. The van der Waals surface area contributed by atoms with E-state index >= 15 is 0 Å². The van der Waals surface area contributed by atoms with Gasteiger partial charge in [0.25, 0.3) is 10.0 Å². The lowest BCUT2D eigenvalue weighted by molar-refractivity contribution is 0.396. The van der Waals surface area contributed by atoms with Crippen LogP contribution in [0.25, 0.3) is 10.9 Å². The lowest BCUT2D eigenvalue weighted by Crippen LogP contribution is -2.14. The molecule has 0 aliphatic heterocycles. The Labute approximate surface area is 154 Å². The summed E-state index contributed by atoms with van der Waals surface area (Å²) in [5.74, 6) is -0.426. The molecule has 1 aliphatic carbocycles. The molecule has 2 N–H and O–H groups in total. The third kappa shape index (κ3) is 2.99. The number of rotatable bonds is 5. The van der Waals surface area contributed by atoms with Gasteiger partial charge in [-0.2, -0.15) is 0 Å². The zero-order valence-electron chi connectivity index (χ0n) is 13.7. The van der Waals surface area contributed by atoms with Crippen LogP contribution in [0.5, 0.6) is 5.88 Å². The molecule has 2 heterocycles. The number of aromatic amines is 1. The first-order valence-electron chi connectivity index (χ1n) is 7.93. The number of ether oxygens (including phenoxy) is 1. The minimum Gasteiger partial charge on any atom is -0.479 e. The number of pyridine rings is 1. The van der Waals surface area contributed by atoms with Crippen LogP contribution < -0.4 is 9.46 Å². The summed E-state index contributed by atoms with van der Waals surface area (Å²) >= 11 is 5.92. The zero-order chi connectivity index (χ0) is 18.5. The minimum absolute atomic E-state index is 0.0258. The molecule has 0 atom stereocenters. The highest BCUT2D eigenvalue weighted by Gasteiger charge is 2.30. The number of halogens is 2. The van der Waals surface area contributed by atoms with Gasteiger partial charge in [-0.15, -0.1) is 0 Å². The van der Waals surface area contributed by atoms with Gasteiger partial charge in [0.1, 0.15) is 16.4 Å². The van der Waals surface area contributed by atoms with Gasteiger partial charge in [0.15, 0.2) is 0 Å². The molecule has 1 saturated carbocycles. The van der Waals surface area contributed by atoms with Gasteiger partial charge >= 0.3 is 0 Å². The van der Waals surface area contributed by atoms with Gasteiger partial charge in [-0.25, -0.2) is 17.8 Å². The predicted molar refractivity (Wildman–Crippen MR) is 96.8 cm³/mol. The largest absolute Gasteiger partial charge is 0.479 e. The number of H-pyrrole nitrogens is 1. The highest BCUT2D eigenvalue weighted by Crippen LogP contribution is 2.42. The number of anilines is 1. The van der Waals surface area contributed by atoms with Gasteiger partial charge in [0, 0.05) is 34.1 Å². The molecule has 9 heteroatoms. The van der Waals surface area contributed by atoms with E-state index in [1.165, 1.54) is 13.3 Å². The number of fused-ring (bicyclic) bond motifs is 1. The molecule has 0 bridgehead atoms. The Bertz CT molecular complexity index is 1110. The molecule has 3 aromatic rings. The van der Waals surface area contributed by atoms with Crippen molar-refractivity contribution >= 4 is 38.2 Å². The molecule has 1 aromatic carbocycles. The second-order valence-corrected chi connectivity index (χ2v) is 8.22. The van der Waals surface area contributed by atoms with Crippen LogP contribution in [0, 0.1) is 5.82 Å². The van der Waals surface area contributed by atoms with Crippen molar-refractivity contribution in [2.24, 2.45) is 0 Å². The smallest absolute Gasteiger partial charge is 0.264 e. The molecule has 136 valence electrons. The second kappa shape index (κ2) is 6.14. The lowest BCUT2D eigenvalue weighted by Gasteiger charge is -2.12. The van der Waals surface area contributed by atoms with Crippen molar-refractivity contribution in [3.05, 3.63) is 47.0 Å². The number of benzene rings is 1. The Morgan fingerprint density at radius 3 is 2.81 bits per heavy atom. The summed E-state index contributed by atoms with van der Waals surface area (Å²) in [6.45, 7) is 0. The van der Waals surface area contributed by atoms with Crippen LogP contribution in [-0.2, 0) is 10.0 Å². The fourth-order valence-electron chi connectivity index (χ4n) is 2.85. The number of methoxy groups -OCH3 is 1. The van der Waals surface area contributed by atoms with Crippen molar-refractivity contribution in [2.75, 3.05) is 11.8 Å². The van der Waals surface area contributed by atoms with Crippen molar-refractivity contribution in [1.29, 1.82) is 0 Å². The molecule has 0 radical (unpaired) electrons. The van der Waals surface area contributed by atoms with Crippen LogP contribution in [0.15, 0.2) is 35.4 Å². The van der Waals surface area contributed by atoms with Gasteiger partial charge in [-0.05, 0) is 31.0 Å². The van der Waals surface area contributed by atoms with E-state index in [0.29, 0.717) is 21.6 Å². The van der Waals surface area contributed by atoms with E-state index in [1.54, 1.807) is 18.2 Å². The van der Waals surface area contributed by atoms with Crippen LogP contribution in [-0.4, -0.2) is 25.5 Å². The molecule has 2 aromatic heterocycles. The Kier molecular flexibility index (Phi) is 4.04. The Morgan fingerprint density at radius 1 is 1.35 bits per heavy atom. The van der Waals surface area contributed by atoms with Crippen LogP contribution in [0.3, 0.4) is 0 Å². The van der Waals surface area contributed by atoms with Crippen molar-refractivity contribution in [1.82, 2.24) is 9.97 Å².